The van der Waals surface area contributed by atoms with Crippen molar-refractivity contribution in [2.24, 2.45) is 0 Å². The fourth-order valence-corrected chi connectivity index (χ4v) is 4.89. The van der Waals surface area contributed by atoms with Crippen LogP contribution >= 0.6 is 0 Å². The Morgan fingerprint density at radius 1 is 1.11 bits per heavy atom. The predicted molar refractivity (Wildman–Crippen MR) is 135 cm³/mol. The molecule has 0 amide bonds. The maximum atomic E-state index is 13.6. The van der Waals surface area contributed by atoms with Crippen LogP contribution in [0.5, 0.6) is 0 Å². The van der Waals surface area contributed by atoms with E-state index in [0.717, 1.165) is 16.5 Å². The molecule has 38 heavy (non-hydrogen) atoms. The number of aromatic nitrogens is 2. The lowest BCUT2D eigenvalue weighted by Gasteiger charge is -2.35. The zero-order valence-electron chi connectivity index (χ0n) is 21.7. The number of rotatable bonds is 6. The summed E-state index contributed by atoms with van der Waals surface area (Å²) in [5.41, 5.74) is 0.488. The van der Waals surface area contributed by atoms with Crippen LogP contribution in [0.2, 0.25) is 0 Å². The number of esters is 3. The van der Waals surface area contributed by atoms with E-state index in [9.17, 15) is 19.2 Å². The van der Waals surface area contributed by atoms with Crippen molar-refractivity contribution < 1.29 is 33.3 Å². The first-order valence-electron chi connectivity index (χ1n) is 12.4. The molecule has 0 bridgehead atoms. The summed E-state index contributed by atoms with van der Waals surface area (Å²) in [5, 5.41) is 0.957. The topological polar surface area (TPSA) is 123 Å². The molecular weight excluding hydrogens is 492 g/mol. The molecule has 5 rings (SSSR count). The second-order valence-electron chi connectivity index (χ2n) is 10.3. The Labute approximate surface area is 218 Å². The number of cyclic esters (lactones) is 1. The number of benzene rings is 1. The van der Waals surface area contributed by atoms with Crippen LogP contribution in [0.4, 0.5) is 0 Å². The quantitative estimate of drug-likeness (QED) is 0.279. The molecule has 0 radical (unpaired) electrons. The van der Waals surface area contributed by atoms with E-state index < -0.39 is 42.3 Å². The van der Waals surface area contributed by atoms with Gasteiger partial charge in [0.2, 0.25) is 5.60 Å². The molecule has 198 valence electrons. The molecule has 10 heteroatoms. The highest BCUT2D eigenvalue weighted by Crippen LogP contribution is 2.40. The normalized spacial score (nSPS) is 17.8. The first-order chi connectivity index (χ1) is 18.0. The van der Waals surface area contributed by atoms with Crippen LogP contribution in [0.25, 0.3) is 22.3 Å². The molecule has 0 unspecified atom stereocenters. The number of para-hydroxylation sites is 1. The molecule has 0 saturated carbocycles. The lowest BCUT2D eigenvalue weighted by Crippen LogP contribution is -2.48. The van der Waals surface area contributed by atoms with Gasteiger partial charge >= 0.3 is 17.9 Å². The van der Waals surface area contributed by atoms with Crippen molar-refractivity contribution in [3.63, 3.8) is 0 Å². The van der Waals surface area contributed by atoms with Gasteiger partial charge in [0, 0.05) is 16.5 Å². The van der Waals surface area contributed by atoms with E-state index in [1.165, 1.54) is 0 Å². The largest absolute Gasteiger partial charge is 0.458 e. The van der Waals surface area contributed by atoms with Crippen molar-refractivity contribution in [3.8, 4) is 11.4 Å². The SMILES string of the molecule is CC[C@@]1(OC(=O)COCC(=O)OC(C)(C)C)C(=O)OCc2c1cc1n(c2=O)Cc2cc3ccccc3nc2-1. The second-order valence-corrected chi connectivity index (χ2v) is 10.3. The Bertz CT molecular complexity index is 1530. The summed E-state index contributed by atoms with van der Waals surface area (Å²) >= 11 is 0. The average Bonchev–Trinajstić information content (AvgIpc) is 3.21. The van der Waals surface area contributed by atoms with Crippen LogP contribution < -0.4 is 5.56 Å². The van der Waals surface area contributed by atoms with Crippen molar-refractivity contribution in [1.82, 2.24) is 9.55 Å². The molecule has 10 nitrogen and oxygen atoms in total. The van der Waals surface area contributed by atoms with Gasteiger partial charge in [-0.3, -0.25) is 4.79 Å². The zero-order chi connectivity index (χ0) is 27.2. The first-order valence-corrected chi connectivity index (χ1v) is 12.4. The van der Waals surface area contributed by atoms with Gasteiger partial charge in [-0.25, -0.2) is 19.4 Å². The second kappa shape index (κ2) is 9.36. The molecule has 1 aromatic carbocycles. The third kappa shape index (κ3) is 4.45. The Morgan fingerprint density at radius 3 is 2.58 bits per heavy atom. The molecule has 1 atom stereocenters. The molecule has 0 saturated heterocycles. The Morgan fingerprint density at radius 2 is 1.84 bits per heavy atom. The summed E-state index contributed by atoms with van der Waals surface area (Å²) < 4.78 is 22.9. The van der Waals surface area contributed by atoms with E-state index in [1.807, 2.05) is 30.3 Å². The summed E-state index contributed by atoms with van der Waals surface area (Å²) in [6, 6.07) is 11.4. The minimum absolute atomic E-state index is 0.0253. The molecule has 2 aromatic heterocycles. The molecule has 0 fully saturated rings. The Hall–Kier alpha value is -4.05. The van der Waals surface area contributed by atoms with Crippen LogP contribution in [0, 0.1) is 0 Å². The van der Waals surface area contributed by atoms with Crippen molar-refractivity contribution >= 4 is 28.8 Å². The van der Waals surface area contributed by atoms with Crippen molar-refractivity contribution in [2.45, 2.75) is 58.5 Å². The van der Waals surface area contributed by atoms with Crippen LogP contribution in [0.15, 0.2) is 41.2 Å². The van der Waals surface area contributed by atoms with Gasteiger partial charge in [-0.05, 0) is 45.4 Å². The molecule has 4 heterocycles. The zero-order valence-corrected chi connectivity index (χ0v) is 21.7. The molecular formula is C28H28N2O8. The van der Waals surface area contributed by atoms with Crippen molar-refractivity contribution in [2.75, 3.05) is 13.2 Å². The summed E-state index contributed by atoms with van der Waals surface area (Å²) in [6.45, 7) is 5.86. The summed E-state index contributed by atoms with van der Waals surface area (Å²) in [5.74, 6) is -2.30. The van der Waals surface area contributed by atoms with Crippen LogP contribution in [0.1, 0.15) is 50.8 Å². The first kappa shape index (κ1) is 25.6. The summed E-state index contributed by atoms with van der Waals surface area (Å²) in [7, 11) is 0. The van der Waals surface area contributed by atoms with Gasteiger partial charge in [-0.1, -0.05) is 25.1 Å². The maximum Gasteiger partial charge on any atom is 0.355 e. The smallest absolute Gasteiger partial charge is 0.355 e. The fourth-order valence-electron chi connectivity index (χ4n) is 4.89. The number of carbonyl (C=O) groups is 3. The fraction of sp³-hybridized carbons (Fsp3) is 0.393. The van der Waals surface area contributed by atoms with Crippen LogP contribution in [-0.2, 0) is 52.1 Å². The van der Waals surface area contributed by atoms with Gasteiger partial charge in [0.1, 0.15) is 25.4 Å². The number of carbonyl (C=O) groups excluding carboxylic acids is 3. The monoisotopic (exact) mass is 520 g/mol. The van der Waals surface area contributed by atoms with Crippen molar-refractivity contribution in [1.29, 1.82) is 0 Å². The highest BCUT2D eigenvalue weighted by atomic mass is 16.6. The molecule has 3 aromatic rings. The van der Waals surface area contributed by atoms with Gasteiger partial charge in [0.25, 0.3) is 5.56 Å². The third-order valence-corrected chi connectivity index (χ3v) is 6.53. The van der Waals surface area contributed by atoms with Crippen molar-refractivity contribution in [3.05, 3.63) is 63.4 Å². The van der Waals surface area contributed by atoms with Crippen LogP contribution in [0.3, 0.4) is 0 Å². The number of fused-ring (bicyclic) bond motifs is 5. The van der Waals surface area contributed by atoms with Gasteiger partial charge in [0.05, 0.1) is 29.0 Å². The highest BCUT2D eigenvalue weighted by molar-refractivity contribution is 5.88. The predicted octanol–water partition coefficient (Wildman–Crippen LogP) is 2.99. The van der Waals surface area contributed by atoms with E-state index in [1.54, 1.807) is 38.3 Å². The number of hydrogen-bond donors (Lipinski definition) is 0. The Balaban J connectivity index is 1.47. The van der Waals surface area contributed by atoms with Gasteiger partial charge < -0.3 is 23.5 Å². The number of ether oxygens (including phenoxy) is 4. The minimum Gasteiger partial charge on any atom is -0.458 e. The molecule has 0 aliphatic carbocycles. The third-order valence-electron chi connectivity index (χ3n) is 6.53. The van der Waals surface area contributed by atoms with E-state index in [4.69, 9.17) is 23.9 Å². The number of nitrogens with zero attached hydrogens (tertiary/aromatic N) is 2. The average molecular weight is 521 g/mol. The number of pyridine rings is 2. The lowest BCUT2D eigenvalue weighted by molar-refractivity contribution is -0.192. The summed E-state index contributed by atoms with van der Waals surface area (Å²) in [4.78, 5) is 56.0. The van der Waals surface area contributed by atoms with E-state index in [-0.39, 0.29) is 29.7 Å². The van der Waals surface area contributed by atoms with E-state index >= 15 is 0 Å². The Kier molecular flexibility index (Phi) is 6.30. The van der Waals surface area contributed by atoms with E-state index in [2.05, 4.69) is 0 Å². The van der Waals surface area contributed by atoms with Gasteiger partial charge in [-0.15, -0.1) is 0 Å². The summed E-state index contributed by atoms with van der Waals surface area (Å²) in [6.07, 6.45) is 0.0253. The highest BCUT2D eigenvalue weighted by Gasteiger charge is 2.50. The maximum absolute atomic E-state index is 13.6. The standard InChI is InChI=1S/C28H28N2O8/c1-5-28(38-23(32)15-35-14-22(31)37-27(2,3)4)19-11-21-24-17(10-16-8-6-7-9-20(16)29-24)12-30(21)25(33)18(19)13-36-26(28)34/h6-11H,5,12-15H2,1-4H3/t28-/m0/s1. The lowest BCUT2D eigenvalue weighted by atomic mass is 9.85. The van der Waals surface area contributed by atoms with Gasteiger partial charge in [0.15, 0.2) is 0 Å². The molecule has 2 aliphatic rings. The number of hydrogen-bond acceptors (Lipinski definition) is 9. The van der Waals surface area contributed by atoms with Crippen LogP contribution in [-0.4, -0.2) is 46.3 Å². The molecule has 0 N–H and O–H groups in total. The van der Waals surface area contributed by atoms with E-state index in [0.29, 0.717) is 17.9 Å². The van der Waals surface area contributed by atoms with Gasteiger partial charge in [-0.2, -0.15) is 0 Å². The molecule has 0 spiro atoms. The molecule has 2 aliphatic heterocycles. The minimum atomic E-state index is -1.84.